The van der Waals surface area contributed by atoms with Crippen molar-refractivity contribution in [2.24, 2.45) is 0 Å². The number of hydrogen-bond donors (Lipinski definition) is 0. The molecule has 0 fully saturated rings. The van der Waals surface area contributed by atoms with E-state index in [0.717, 1.165) is 11.4 Å². The van der Waals surface area contributed by atoms with Gasteiger partial charge in [-0.05, 0) is 31.5 Å². The van der Waals surface area contributed by atoms with E-state index in [1.165, 1.54) is 11.1 Å². The Kier molecular flexibility index (Phi) is 4.65. The van der Waals surface area contributed by atoms with Crippen molar-refractivity contribution in [3.63, 3.8) is 0 Å². The fraction of sp³-hybridized carbons (Fsp3) is 0.286. The van der Waals surface area contributed by atoms with Crippen molar-refractivity contribution in [2.75, 3.05) is 0 Å². The molecule has 0 atom stereocenters. The van der Waals surface area contributed by atoms with Crippen molar-refractivity contribution in [3.05, 3.63) is 47.8 Å². The summed E-state index contributed by atoms with van der Waals surface area (Å²) in [6, 6.07) is 8.14. The van der Waals surface area contributed by atoms with E-state index in [9.17, 15) is 0 Å². The molecule has 0 spiro atoms. The van der Waals surface area contributed by atoms with E-state index >= 15 is 0 Å². The van der Waals surface area contributed by atoms with Gasteiger partial charge in [-0.15, -0.1) is 0 Å². The van der Waals surface area contributed by atoms with Crippen LogP contribution in [-0.2, 0) is 0 Å². The number of hydrogen-bond acceptors (Lipinski definition) is 2. The Hall–Kier alpha value is -1.70. The molecule has 2 heteroatoms. The molecule has 1 heterocycles. The molecule has 0 amide bonds. The van der Waals surface area contributed by atoms with Gasteiger partial charge in [0.05, 0.1) is 0 Å². The van der Waals surface area contributed by atoms with Crippen LogP contribution in [0, 0.1) is 13.8 Å². The van der Waals surface area contributed by atoms with Crippen LogP contribution in [0.3, 0.4) is 0 Å². The molecule has 2 rings (SSSR count). The normalized spacial score (nSPS) is 9.25. The first-order valence-electron chi connectivity index (χ1n) is 5.62. The second-order valence-corrected chi connectivity index (χ2v) is 3.39. The zero-order valence-corrected chi connectivity index (χ0v) is 10.4. The van der Waals surface area contributed by atoms with Gasteiger partial charge in [-0.1, -0.05) is 31.5 Å². The van der Waals surface area contributed by atoms with E-state index < -0.39 is 0 Å². The fourth-order valence-corrected chi connectivity index (χ4v) is 1.41. The molecule has 0 N–H and O–H groups in total. The third kappa shape index (κ3) is 2.89. The predicted octanol–water partition coefficient (Wildman–Crippen LogP) is 3.79. The number of rotatable bonds is 1. The van der Waals surface area contributed by atoms with Gasteiger partial charge in [0, 0.05) is 18.0 Å². The summed E-state index contributed by atoms with van der Waals surface area (Å²) in [5, 5.41) is 0. The van der Waals surface area contributed by atoms with E-state index in [-0.39, 0.29) is 0 Å². The van der Waals surface area contributed by atoms with Crippen LogP contribution in [-0.4, -0.2) is 9.97 Å². The monoisotopic (exact) mass is 214 g/mol. The van der Waals surface area contributed by atoms with Crippen LogP contribution in [0.25, 0.3) is 11.4 Å². The minimum Gasteiger partial charge on any atom is -0.237 e. The van der Waals surface area contributed by atoms with E-state index in [1.807, 2.05) is 19.9 Å². The molecule has 0 aliphatic heterocycles. The molecule has 0 aliphatic carbocycles. The van der Waals surface area contributed by atoms with Crippen molar-refractivity contribution >= 4 is 0 Å². The van der Waals surface area contributed by atoms with Crippen molar-refractivity contribution in [3.8, 4) is 11.4 Å². The maximum Gasteiger partial charge on any atom is 0.159 e. The molecule has 0 aliphatic rings. The van der Waals surface area contributed by atoms with Crippen molar-refractivity contribution in [2.45, 2.75) is 27.7 Å². The van der Waals surface area contributed by atoms with Crippen LogP contribution < -0.4 is 0 Å². The minimum atomic E-state index is 0.800. The van der Waals surface area contributed by atoms with Crippen LogP contribution in [0.2, 0.25) is 0 Å². The quantitative estimate of drug-likeness (QED) is 0.721. The molecule has 2 aromatic rings. The van der Waals surface area contributed by atoms with Gasteiger partial charge < -0.3 is 0 Å². The van der Waals surface area contributed by atoms with Gasteiger partial charge in [0.25, 0.3) is 0 Å². The van der Waals surface area contributed by atoms with Crippen LogP contribution in [0.5, 0.6) is 0 Å². The minimum absolute atomic E-state index is 0.800. The third-order valence-electron chi connectivity index (χ3n) is 2.20. The van der Waals surface area contributed by atoms with E-state index in [2.05, 4.69) is 42.0 Å². The first kappa shape index (κ1) is 12.4. The maximum absolute atomic E-state index is 4.24. The highest BCUT2D eigenvalue weighted by molar-refractivity contribution is 5.60. The standard InChI is InChI=1S/C12H12N2.C2H6/c1-9-4-5-10(2)11(8-9)12-13-6-3-7-14-12;1-2/h3-8H,1-2H3;1-2H3. The molecule has 0 radical (unpaired) electrons. The summed E-state index contributed by atoms with van der Waals surface area (Å²) in [6.07, 6.45) is 3.54. The number of aryl methyl sites for hydroxylation is 2. The highest BCUT2D eigenvalue weighted by Gasteiger charge is 2.03. The van der Waals surface area contributed by atoms with Crippen molar-refractivity contribution in [1.29, 1.82) is 0 Å². The Morgan fingerprint density at radius 3 is 2.19 bits per heavy atom. The SMILES string of the molecule is CC.Cc1ccc(C)c(-c2ncccn2)c1. The largest absolute Gasteiger partial charge is 0.237 e. The number of nitrogens with zero attached hydrogens (tertiary/aromatic N) is 2. The lowest BCUT2D eigenvalue weighted by Crippen LogP contribution is -1.90. The molecule has 1 aromatic carbocycles. The Bertz CT molecular complexity index is 436. The average Bonchev–Trinajstić information content (AvgIpc) is 2.36. The molecule has 1 aromatic heterocycles. The average molecular weight is 214 g/mol. The molecule has 16 heavy (non-hydrogen) atoms. The van der Waals surface area contributed by atoms with Gasteiger partial charge in [0.15, 0.2) is 5.82 Å². The summed E-state index contributed by atoms with van der Waals surface area (Å²) >= 11 is 0. The number of benzene rings is 1. The summed E-state index contributed by atoms with van der Waals surface area (Å²) in [4.78, 5) is 8.48. The summed E-state index contributed by atoms with van der Waals surface area (Å²) in [6.45, 7) is 8.15. The summed E-state index contributed by atoms with van der Waals surface area (Å²) in [7, 11) is 0. The van der Waals surface area contributed by atoms with Gasteiger partial charge in [-0.3, -0.25) is 0 Å². The first-order valence-corrected chi connectivity index (χ1v) is 5.62. The van der Waals surface area contributed by atoms with Gasteiger partial charge in [-0.25, -0.2) is 9.97 Å². The number of aromatic nitrogens is 2. The molecule has 0 unspecified atom stereocenters. The Balaban J connectivity index is 0.000000606. The van der Waals surface area contributed by atoms with Crippen molar-refractivity contribution < 1.29 is 0 Å². The van der Waals surface area contributed by atoms with E-state index in [1.54, 1.807) is 12.4 Å². The van der Waals surface area contributed by atoms with Gasteiger partial charge >= 0.3 is 0 Å². The summed E-state index contributed by atoms with van der Waals surface area (Å²) in [5.41, 5.74) is 3.56. The molecular formula is C14H18N2. The van der Waals surface area contributed by atoms with Gasteiger partial charge in [-0.2, -0.15) is 0 Å². The summed E-state index contributed by atoms with van der Waals surface area (Å²) < 4.78 is 0. The Labute approximate surface area is 97.4 Å². The van der Waals surface area contributed by atoms with E-state index in [0.29, 0.717) is 0 Å². The maximum atomic E-state index is 4.24. The predicted molar refractivity (Wildman–Crippen MR) is 68.3 cm³/mol. The molecular weight excluding hydrogens is 196 g/mol. The molecule has 0 saturated carbocycles. The Morgan fingerprint density at radius 1 is 0.938 bits per heavy atom. The lowest BCUT2D eigenvalue weighted by Gasteiger charge is -2.04. The van der Waals surface area contributed by atoms with Gasteiger partial charge in [0.2, 0.25) is 0 Å². The molecule has 84 valence electrons. The second-order valence-electron chi connectivity index (χ2n) is 3.39. The highest BCUT2D eigenvalue weighted by Crippen LogP contribution is 2.19. The van der Waals surface area contributed by atoms with Crippen LogP contribution >= 0.6 is 0 Å². The van der Waals surface area contributed by atoms with Gasteiger partial charge in [0.1, 0.15) is 0 Å². The van der Waals surface area contributed by atoms with Crippen LogP contribution in [0.4, 0.5) is 0 Å². The van der Waals surface area contributed by atoms with Crippen LogP contribution in [0.1, 0.15) is 25.0 Å². The van der Waals surface area contributed by atoms with Crippen molar-refractivity contribution in [1.82, 2.24) is 9.97 Å². The second kappa shape index (κ2) is 6.01. The fourth-order valence-electron chi connectivity index (χ4n) is 1.41. The van der Waals surface area contributed by atoms with E-state index in [4.69, 9.17) is 0 Å². The lowest BCUT2D eigenvalue weighted by molar-refractivity contribution is 1.16. The highest BCUT2D eigenvalue weighted by atomic mass is 14.8. The lowest BCUT2D eigenvalue weighted by atomic mass is 10.1. The molecule has 2 nitrogen and oxygen atoms in total. The first-order chi connectivity index (χ1) is 7.77. The third-order valence-corrected chi connectivity index (χ3v) is 2.20. The zero-order valence-electron chi connectivity index (χ0n) is 10.4. The van der Waals surface area contributed by atoms with Crippen LogP contribution in [0.15, 0.2) is 36.7 Å². The smallest absolute Gasteiger partial charge is 0.159 e. The topological polar surface area (TPSA) is 25.8 Å². The Morgan fingerprint density at radius 2 is 1.56 bits per heavy atom. The molecule has 0 saturated heterocycles. The molecule has 0 bridgehead atoms. The summed E-state index contributed by atoms with van der Waals surface area (Å²) in [5.74, 6) is 0.800. The zero-order chi connectivity index (χ0) is 12.0.